The Labute approximate surface area is 159 Å². The molecule has 0 fully saturated rings. The van der Waals surface area contributed by atoms with Crippen LogP contribution in [0.3, 0.4) is 0 Å². The third-order valence-electron chi connectivity index (χ3n) is 4.68. The van der Waals surface area contributed by atoms with E-state index in [0.29, 0.717) is 17.8 Å². The molecule has 1 heterocycles. The molecular weight excluding hydrogens is 342 g/mol. The molecule has 0 radical (unpaired) electrons. The van der Waals surface area contributed by atoms with Gasteiger partial charge in [-0.1, -0.05) is 6.07 Å². The molecule has 0 saturated carbocycles. The van der Waals surface area contributed by atoms with Gasteiger partial charge in [0.05, 0.1) is 0 Å². The van der Waals surface area contributed by atoms with Gasteiger partial charge in [0.25, 0.3) is 11.8 Å². The van der Waals surface area contributed by atoms with Crippen molar-refractivity contribution >= 4 is 28.9 Å². The van der Waals surface area contributed by atoms with E-state index in [4.69, 9.17) is 4.74 Å². The number of rotatable bonds is 5. The van der Waals surface area contributed by atoms with Crippen molar-refractivity contribution in [3.8, 4) is 0 Å². The topological polar surface area (TPSA) is 61.9 Å². The lowest BCUT2D eigenvalue weighted by atomic mass is 10.0. The van der Waals surface area contributed by atoms with Gasteiger partial charge in [0.2, 0.25) is 0 Å². The minimum atomic E-state index is -0.175. The van der Waals surface area contributed by atoms with Crippen molar-refractivity contribution in [1.29, 1.82) is 0 Å². The van der Waals surface area contributed by atoms with Crippen LogP contribution < -0.4 is 15.1 Å². The molecule has 0 unspecified atom stereocenters. The molecule has 3 rings (SSSR count). The molecule has 1 aliphatic heterocycles. The fraction of sp³-hybridized carbons (Fsp3) is 0.333. The lowest BCUT2D eigenvalue weighted by Crippen LogP contribution is -2.37. The van der Waals surface area contributed by atoms with E-state index in [1.165, 1.54) is 7.11 Å². The van der Waals surface area contributed by atoms with E-state index < -0.39 is 0 Å². The zero-order valence-corrected chi connectivity index (χ0v) is 16.0. The Bertz CT molecular complexity index is 831. The van der Waals surface area contributed by atoms with E-state index in [2.05, 4.69) is 5.32 Å². The maximum absolute atomic E-state index is 12.6. The predicted molar refractivity (Wildman–Crippen MR) is 108 cm³/mol. The summed E-state index contributed by atoms with van der Waals surface area (Å²) < 4.78 is 4.99. The minimum absolute atomic E-state index is 0.0499. The summed E-state index contributed by atoms with van der Waals surface area (Å²) >= 11 is 0. The van der Waals surface area contributed by atoms with Crippen molar-refractivity contribution in [2.24, 2.45) is 0 Å². The number of carbonyl (C=O) groups excluding carboxylic acids is 2. The minimum Gasteiger partial charge on any atom is -0.378 e. The Morgan fingerprint density at radius 2 is 1.89 bits per heavy atom. The highest BCUT2D eigenvalue weighted by Crippen LogP contribution is 2.30. The molecule has 2 aromatic rings. The molecule has 0 bridgehead atoms. The second-order valence-corrected chi connectivity index (χ2v) is 6.82. The first-order valence-corrected chi connectivity index (χ1v) is 9.00. The number of hydrogen-bond acceptors (Lipinski definition) is 4. The van der Waals surface area contributed by atoms with Crippen LogP contribution in [-0.2, 0) is 16.0 Å². The summed E-state index contributed by atoms with van der Waals surface area (Å²) in [5.74, 6) is -0.243. The standard InChI is InChI=1S/C21H25N3O3/c1-23(2)18-10-7-16(8-11-18)21(26)22-17-9-6-15-5-4-12-24(19(15)13-17)20(25)14-27-3/h6-11,13H,4-5,12,14H2,1-3H3,(H,22,26). The summed E-state index contributed by atoms with van der Waals surface area (Å²) in [5, 5.41) is 2.93. The van der Waals surface area contributed by atoms with Crippen molar-refractivity contribution in [3.63, 3.8) is 0 Å². The van der Waals surface area contributed by atoms with Crippen LogP contribution in [0.2, 0.25) is 0 Å². The second kappa shape index (κ2) is 8.22. The maximum atomic E-state index is 12.6. The summed E-state index contributed by atoms with van der Waals surface area (Å²) in [4.78, 5) is 28.6. The average Bonchev–Trinajstić information content (AvgIpc) is 2.67. The highest BCUT2D eigenvalue weighted by Gasteiger charge is 2.23. The third-order valence-corrected chi connectivity index (χ3v) is 4.68. The number of benzene rings is 2. The van der Waals surface area contributed by atoms with E-state index in [0.717, 1.165) is 29.8 Å². The van der Waals surface area contributed by atoms with Gasteiger partial charge in [0.1, 0.15) is 6.61 Å². The number of amides is 2. The summed E-state index contributed by atoms with van der Waals surface area (Å²) in [6, 6.07) is 13.2. The first-order chi connectivity index (χ1) is 13.0. The monoisotopic (exact) mass is 367 g/mol. The zero-order chi connectivity index (χ0) is 19.4. The van der Waals surface area contributed by atoms with Crippen LogP contribution in [0.25, 0.3) is 0 Å². The summed E-state index contributed by atoms with van der Waals surface area (Å²) in [5.41, 5.74) is 4.26. The van der Waals surface area contributed by atoms with Crippen LogP contribution in [0.15, 0.2) is 42.5 Å². The average molecular weight is 367 g/mol. The number of ether oxygens (including phenoxy) is 1. The van der Waals surface area contributed by atoms with E-state index in [1.807, 2.05) is 49.3 Å². The fourth-order valence-electron chi connectivity index (χ4n) is 3.23. The summed E-state index contributed by atoms with van der Waals surface area (Å²) in [6.45, 7) is 0.715. The van der Waals surface area contributed by atoms with Crippen LogP contribution >= 0.6 is 0 Å². The van der Waals surface area contributed by atoms with Gasteiger partial charge in [-0.2, -0.15) is 0 Å². The number of nitrogens with one attached hydrogen (secondary N) is 1. The maximum Gasteiger partial charge on any atom is 0.255 e. The number of aryl methyl sites for hydroxylation is 1. The first kappa shape index (κ1) is 18.9. The fourth-order valence-corrected chi connectivity index (χ4v) is 3.23. The van der Waals surface area contributed by atoms with Gasteiger partial charge in [-0.05, 0) is 54.8 Å². The molecule has 6 nitrogen and oxygen atoms in total. The van der Waals surface area contributed by atoms with Crippen molar-refractivity contribution < 1.29 is 14.3 Å². The Morgan fingerprint density at radius 3 is 2.56 bits per heavy atom. The number of fused-ring (bicyclic) bond motifs is 1. The van der Waals surface area contributed by atoms with Gasteiger partial charge in [-0.3, -0.25) is 9.59 Å². The molecule has 2 amide bonds. The van der Waals surface area contributed by atoms with Crippen molar-refractivity contribution in [2.75, 3.05) is 49.5 Å². The molecule has 0 atom stereocenters. The molecule has 142 valence electrons. The number of anilines is 3. The van der Waals surface area contributed by atoms with Crippen molar-refractivity contribution in [1.82, 2.24) is 0 Å². The third kappa shape index (κ3) is 4.28. The van der Waals surface area contributed by atoms with Gasteiger partial charge in [-0.15, -0.1) is 0 Å². The molecule has 27 heavy (non-hydrogen) atoms. The number of carbonyl (C=O) groups is 2. The van der Waals surface area contributed by atoms with Crippen LogP contribution in [0.5, 0.6) is 0 Å². The Morgan fingerprint density at radius 1 is 1.15 bits per heavy atom. The lowest BCUT2D eigenvalue weighted by Gasteiger charge is -2.30. The van der Waals surface area contributed by atoms with Gasteiger partial charge < -0.3 is 19.9 Å². The summed E-state index contributed by atoms with van der Waals surface area (Å²) in [7, 11) is 5.43. The van der Waals surface area contributed by atoms with Crippen LogP contribution in [0.1, 0.15) is 22.3 Å². The molecule has 2 aromatic carbocycles. The normalized spacial score (nSPS) is 13.1. The Balaban J connectivity index is 1.78. The zero-order valence-electron chi connectivity index (χ0n) is 16.0. The first-order valence-electron chi connectivity index (χ1n) is 9.00. The van der Waals surface area contributed by atoms with Crippen LogP contribution in [-0.4, -0.2) is 46.2 Å². The van der Waals surface area contributed by atoms with Crippen molar-refractivity contribution in [3.05, 3.63) is 53.6 Å². The van der Waals surface area contributed by atoms with Crippen molar-refractivity contribution in [2.45, 2.75) is 12.8 Å². The largest absolute Gasteiger partial charge is 0.378 e. The van der Waals surface area contributed by atoms with E-state index in [1.54, 1.807) is 17.0 Å². The van der Waals surface area contributed by atoms with Gasteiger partial charge in [0, 0.05) is 50.4 Å². The number of methoxy groups -OCH3 is 1. The van der Waals surface area contributed by atoms with Crippen LogP contribution in [0.4, 0.5) is 17.1 Å². The number of nitrogens with zero attached hydrogens (tertiary/aromatic N) is 2. The predicted octanol–water partition coefficient (Wildman–Crippen LogP) is 2.93. The highest BCUT2D eigenvalue weighted by molar-refractivity contribution is 6.05. The second-order valence-electron chi connectivity index (χ2n) is 6.82. The Kier molecular flexibility index (Phi) is 5.76. The molecule has 0 aromatic heterocycles. The SMILES string of the molecule is COCC(=O)N1CCCc2ccc(NC(=O)c3ccc(N(C)C)cc3)cc21. The molecule has 1 N–H and O–H groups in total. The molecule has 0 saturated heterocycles. The molecule has 6 heteroatoms. The highest BCUT2D eigenvalue weighted by atomic mass is 16.5. The van der Waals surface area contributed by atoms with E-state index >= 15 is 0 Å². The molecule has 0 spiro atoms. The van der Waals surface area contributed by atoms with Gasteiger partial charge in [0.15, 0.2) is 0 Å². The smallest absolute Gasteiger partial charge is 0.255 e. The Hall–Kier alpha value is -2.86. The van der Waals surface area contributed by atoms with Crippen LogP contribution in [0, 0.1) is 0 Å². The summed E-state index contributed by atoms with van der Waals surface area (Å²) in [6.07, 6.45) is 1.85. The quantitative estimate of drug-likeness (QED) is 0.883. The number of hydrogen-bond donors (Lipinski definition) is 1. The molecule has 0 aliphatic carbocycles. The van der Waals surface area contributed by atoms with E-state index in [-0.39, 0.29) is 18.4 Å². The molecule has 1 aliphatic rings. The van der Waals surface area contributed by atoms with Gasteiger partial charge in [-0.25, -0.2) is 0 Å². The van der Waals surface area contributed by atoms with E-state index in [9.17, 15) is 9.59 Å². The lowest BCUT2D eigenvalue weighted by molar-refractivity contribution is -0.122. The molecular formula is C21H25N3O3. The van der Waals surface area contributed by atoms with Gasteiger partial charge >= 0.3 is 0 Å².